The number of nitrogens with one attached hydrogen (secondary N) is 2. The maximum atomic E-state index is 11.9. The Labute approximate surface area is 107 Å². The zero-order valence-corrected chi connectivity index (χ0v) is 10.6. The summed E-state index contributed by atoms with van der Waals surface area (Å²) >= 11 is 0. The van der Waals surface area contributed by atoms with Crippen LogP contribution in [0.2, 0.25) is 0 Å². The Bertz CT molecular complexity index is 317. The molecule has 102 valence electrons. The van der Waals surface area contributed by atoms with Gasteiger partial charge in [0.25, 0.3) is 0 Å². The molecule has 0 saturated carbocycles. The van der Waals surface area contributed by atoms with Crippen molar-refractivity contribution in [2.24, 2.45) is 0 Å². The van der Waals surface area contributed by atoms with E-state index in [1.165, 1.54) is 0 Å². The highest BCUT2D eigenvalue weighted by Gasteiger charge is 2.03. The van der Waals surface area contributed by atoms with Crippen LogP contribution in [0.3, 0.4) is 0 Å². The van der Waals surface area contributed by atoms with E-state index in [0.717, 1.165) is 38.2 Å². The van der Waals surface area contributed by atoms with Gasteiger partial charge >= 0.3 is 6.61 Å². The number of hydrogen-bond acceptors (Lipinski definition) is 3. The van der Waals surface area contributed by atoms with Gasteiger partial charge in [0.05, 0.1) is 0 Å². The van der Waals surface area contributed by atoms with Gasteiger partial charge in [-0.05, 0) is 30.7 Å². The molecule has 0 radical (unpaired) electrons. The van der Waals surface area contributed by atoms with E-state index in [2.05, 4.69) is 22.3 Å². The summed E-state index contributed by atoms with van der Waals surface area (Å²) < 4.78 is 28.1. The Hall–Kier alpha value is -1.20. The minimum absolute atomic E-state index is 0.193. The molecule has 0 unspecified atom stereocenters. The number of halogens is 2. The van der Waals surface area contributed by atoms with Gasteiger partial charge in [0.2, 0.25) is 0 Å². The van der Waals surface area contributed by atoms with E-state index in [-0.39, 0.29) is 5.75 Å². The van der Waals surface area contributed by atoms with E-state index in [9.17, 15) is 8.78 Å². The molecule has 0 fully saturated rings. The molecule has 1 rings (SSSR count). The summed E-state index contributed by atoms with van der Waals surface area (Å²) in [4.78, 5) is 0. The van der Waals surface area contributed by atoms with Gasteiger partial charge in [0, 0.05) is 19.6 Å². The Kier molecular flexibility index (Phi) is 7.29. The molecular formula is C13H20F2N2O. The van der Waals surface area contributed by atoms with Crippen LogP contribution >= 0.6 is 0 Å². The predicted molar refractivity (Wildman–Crippen MR) is 67.9 cm³/mol. The second kappa shape index (κ2) is 8.83. The molecule has 0 saturated heterocycles. The van der Waals surface area contributed by atoms with Crippen LogP contribution in [0.1, 0.15) is 18.9 Å². The zero-order valence-electron chi connectivity index (χ0n) is 10.6. The number of benzene rings is 1. The third kappa shape index (κ3) is 6.51. The first-order chi connectivity index (χ1) is 8.72. The van der Waals surface area contributed by atoms with Crippen molar-refractivity contribution in [1.82, 2.24) is 10.6 Å². The quantitative estimate of drug-likeness (QED) is 0.667. The molecule has 3 nitrogen and oxygen atoms in total. The standard InChI is InChI=1S/C13H20F2N2O/c1-2-7-16-8-9-17-10-11-3-5-12(6-4-11)18-13(14)15/h3-6,13,16-17H,2,7-10H2,1H3. The van der Waals surface area contributed by atoms with Gasteiger partial charge in [0.1, 0.15) is 5.75 Å². The van der Waals surface area contributed by atoms with Gasteiger partial charge in [0.15, 0.2) is 0 Å². The normalized spacial score (nSPS) is 10.9. The molecule has 0 aliphatic carbocycles. The predicted octanol–water partition coefficient (Wildman–Crippen LogP) is 2.38. The third-order valence-corrected chi connectivity index (χ3v) is 2.38. The Morgan fingerprint density at radius 1 is 1.06 bits per heavy atom. The largest absolute Gasteiger partial charge is 0.435 e. The van der Waals surface area contributed by atoms with Crippen LogP contribution in [0.15, 0.2) is 24.3 Å². The van der Waals surface area contributed by atoms with E-state index < -0.39 is 6.61 Å². The molecule has 0 aliphatic rings. The number of rotatable bonds is 9. The molecule has 18 heavy (non-hydrogen) atoms. The molecular weight excluding hydrogens is 238 g/mol. The monoisotopic (exact) mass is 258 g/mol. The Morgan fingerprint density at radius 3 is 2.33 bits per heavy atom. The average Bonchev–Trinajstić information content (AvgIpc) is 2.35. The fraction of sp³-hybridized carbons (Fsp3) is 0.538. The fourth-order valence-corrected chi connectivity index (χ4v) is 1.50. The van der Waals surface area contributed by atoms with Crippen LogP contribution < -0.4 is 15.4 Å². The van der Waals surface area contributed by atoms with Gasteiger partial charge in [-0.15, -0.1) is 0 Å². The molecule has 1 aromatic carbocycles. The van der Waals surface area contributed by atoms with E-state index in [1.54, 1.807) is 24.3 Å². The summed E-state index contributed by atoms with van der Waals surface area (Å²) in [5.41, 5.74) is 1.05. The Morgan fingerprint density at radius 2 is 1.72 bits per heavy atom. The molecule has 0 aromatic heterocycles. The lowest BCUT2D eigenvalue weighted by atomic mass is 10.2. The van der Waals surface area contributed by atoms with Crippen molar-refractivity contribution < 1.29 is 13.5 Å². The zero-order chi connectivity index (χ0) is 13.2. The van der Waals surface area contributed by atoms with Crippen molar-refractivity contribution in [3.05, 3.63) is 29.8 Å². The molecule has 2 N–H and O–H groups in total. The first-order valence-corrected chi connectivity index (χ1v) is 6.17. The van der Waals surface area contributed by atoms with Crippen LogP contribution in [-0.4, -0.2) is 26.2 Å². The minimum Gasteiger partial charge on any atom is -0.435 e. The first kappa shape index (κ1) is 14.9. The van der Waals surface area contributed by atoms with Gasteiger partial charge in [-0.2, -0.15) is 8.78 Å². The average molecular weight is 258 g/mol. The van der Waals surface area contributed by atoms with Crippen molar-refractivity contribution >= 4 is 0 Å². The molecule has 0 amide bonds. The Balaban J connectivity index is 2.18. The number of ether oxygens (including phenoxy) is 1. The highest BCUT2D eigenvalue weighted by atomic mass is 19.3. The van der Waals surface area contributed by atoms with Crippen molar-refractivity contribution in [3.63, 3.8) is 0 Å². The van der Waals surface area contributed by atoms with Crippen molar-refractivity contribution in [2.75, 3.05) is 19.6 Å². The fourth-order valence-electron chi connectivity index (χ4n) is 1.50. The summed E-state index contributed by atoms with van der Waals surface area (Å²) in [7, 11) is 0. The maximum absolute atomic E-state index is 11.9. The molecule has 0 atom stereocenters. The van der Waals surface area contributed by atoms with E-state index in [4.69, 9.17) is 0 Å². The number of alkyl halides is 2. The topological polar surface area (TPSA) is 33.3 Å². The van der Waals surface area contributed by atoms with E-state index in [1.807, 2.05) is 0 Å². The summed E-state index contributed by atoms with van der Waals surface area (Å²) in [5.74, 6) is 0.193. The summed E-state index contributed by atoms with van der Waals surface area (Å²) in [6.45, 7) is 2.93. The van der Waals surface area contributed by atoms with Crippen LogP contribution in [0.25, 0.3) is 0 Å². The van der Waals surface area contributed by atoms with Crippen LogP contribution in [0.5, 0.6) is 5.75 Å². The minimum atomic E-state index is -2.77. The van der Waals surface area contributed by atoms with Crippen molar-refractivity contribution in [2.45, 2.75) is 26.5 Å². The van der Waals surface area contributed by atoms with Crippen LogP contribution in [0, 0.1) is 0 Å². The lowest BCUT2D eigenvalue weighted by Crippen LogP contribution is -2.27. The third-order valence-electron chi connectivity index (χ3n) is 2.38. The SMILES string of the molecule is CCCNCCNCc1ccc(OC(F)F)cc1. The molecule has 0 spiro atoms. The second-order valence-electron chi connectivity index (χ2n) is 3.95. The lowest BCUT2D eigenvalue weighted by molar-refractivity contribution is -0.0498. The van der Waals surface area contributed by atoms with E-state index in [0.29, 0.717) is 0 Å². The summed E-state index contributed by atoms with van der Waals surface area (Å²) in [5, 5.41) is 6.56. The molecule has 0 heterocycles. The summed E-state index contributed by atoms with van der Waals surface area (Å²) in [6.07, 6.45) is 1.13. The van der Waals surface area contributed by atoms with Gasteiger partial charge < -0.3 is 15.4 Å². The molecule has 1 aromatic rings. The molecule has 0 aliphatic heterocycles. The van der Waals surface area contributed by atoms with Crippen molar-refractivity contribution in [3.8, 4) is 5.75 Å². The summed E-state index contributed by atoms with van der Waals surface area (Å²) in [6, 6.07) is 6.67. The van der Waals surface area contributed by atoms with Gasteiger partial charge in [-0.3, -0.25) is 0 Å². The van der Waals surface area contributed by atoms with E-state index >= 15 is 0 Å². The highest BCUT2D eigenvalue weighted by Crippen LogP contribution is 2.14. The number of hydrogen-bond donors (Lipinski definition) is 2. The molecule has 5 heteroatoms. The van der Waals surface area contributed by atoms with Gasteiger partial charge in [-0.1, -0.05) is 19.1 Å². The van der Waals surface area contributed by atoms with Crippen LogP contribution in [-0.2, 0) is 6.54 Å². The highest BCUT2D eigenvalue weighted by molar-refractivity contribution is 5.27. The second-order valence-corrected chi connectivity index (χ2v) is 3.95. The van der Waals surface area contributed by atoms with Crippen LogP contribution in [0.4, 0.5) is 8.78 Å². The van der Waals surface area contributed by atoms with Gasteiger partial charge in [-0.25, -0.2) is 0 Å². The molecule has 0 bridgehead atoms. The maximum Gasteiger partial charge on any atom is 0.387 e. The first-order valence-electron chi connectivity index (χ1n) is 6.17. The lowest BCUT2D eigenvalue weighted by Gasteiger charge is -2.07. The van der Waals surface area contributed by atoms with Crippen molar-refractivity contribution in [1.29, 1.82) is 0 Å². The smallest absolute Gasteiger partial charge is 0.387 e.